The number of amides is 3. The Bertz CT molecular complexity index is 1310. The van der Waals surface area contributed by atoms with Crippen molar-refractivity contribution in [2.24, 2.45) is 0 Å². The number of imide groups is 1. The lowest BCUT2D eigenvalue weighted by Gasteiger charge is -2.12. The van der Waals surface area contributed by atoms with Crippen LogP contribution in [0.1, 0.15) is 28.6 Å². The van der Waals surface area contributed by atoms with Gasteiger partial charge in [0.15, 0.2) is 0 Å². The standard InChI is InChI=1S/C25H20N2O6S/c1-2-15-7-9-16(10-8-15)26-22(28)14-27-23(29)21(34-25(27)32)13-17-11-12-20(33-17)18-5-3-4-6-19(18)24(30)31/h3-13H,2,14H2,1H3,(H,26,28)(H,30,31)/b21-13-. The van der Waals surface area contributed by atoms with Crippen molar-refractivity contribution in [1.29, 1.82) is 0 Å². The molecule has 0 spiro atoms. The highest BCUT2D eigenvalue weighted by molar-refractivity contribution is 8.18. The van der Waals surface area contributed by atoms with E-state index in [0.29, 0.717) is 28.8 Å². The maximum Gasteiger partial charge on any atom is 0.336 e. The van der Waals surface area contributed by atoms with Crippen LogP contribution in [0.25, 0.3) is 17.4 Å². The van der Waals surface area contributed by atoms with E-state index in [9.17, 15) is 24.3 Å². The van der Waals surface area contributed by atoms with Gasteiger partial charge in [-0.15, -0.1) is 0 Å². The lowest BCUT2D eigenvalue weighted by Crippen LogP contribution is -2.36. The van der Waals surface area contributed by atoms with Crippen molar-refractivity contribution in [3.05, 3.63) is 82.5 Å². The number of carbonyl (C=O) groups is 4. The third kappa shape index (κ3) is 4.94. The van der Waals surface area contributed by atoms with Crippen LogP contribution in [-0.2, 0) is 16.0 Å². The third-order valence-electron chi connectivity index (χ3n) is 5.14. The first-order valence-corrected chi connectivity index (χ1v) is 11.2. The molecule has 34 heavy (non-hydrogen) atoms. The number of aromatic carboxylic acids is 1. The van der Waals surface area contributed by atoms with Crippen LogP contribution in [0.4, 0.5) is 10.5 Å². The lowest BCUT2D eigenvalue weighted by molar-refractivity contribution is -0.127. The molecule has 0 unspecified atom stereocenters. The Morgan fingerprint density at radius 2 is 1.79 bits per heavy atom. The van der Waals surface area contributed by atoms with Crippen molar-refractivity contribution in [2.75, 3.05) is 11.9 Å². The maximum atomic E-state index is 12.7. The summed E-state index contributed by atoms with van der Waals surface area (Å²) in [6, 6.07) is 16.9. The topological polar surface area (TPSA) is 117 Å². The summed E-state index contributed by atoms with van der Waals surface area (Å²) in [6.45, 7) is 1.62. The van der Waals surface area contributed by atoms with Gasteiger partial charge in [-0.2, -0.15) is 0 Å². The molecule has 4 rings (SSSR count). The fraction of sp³-hybridized carbons (Fsp3) is 0.120. The molecule has 1 saturated heterocycles. The summed E-state index contributed by atoms with van der Waals surface area (Å²) in [5, 5.41) is 11.5. The zero-order chi connectivity index (χ0) is 24.2. The number of nitrogens with one attached hydrogen (secondary N) is 1. The fourth-order valence-corrected chi connectivity index (χ4v) is 4.21. The van der Waals surface area contributed by atoms with Crippen molar-refractivity contribution in [1.82, 2.24) is 4.90 Å². The second-order valence-electron chi connectivity index (χ2n) is 7.42. The Morgan fingerprint density at radius 1 is 1.06 bits per heavy atom. The van der Waals surface area contributed by atoms with Crippen LogP contribution >= 0.6 is 11.8 Å². The third-order valence-corrected chi connectivity index (χ3v) is 6.05. The van der Waals surface area contributed by atoms with Crippen LogP contribution in [-0.4, -0.2) is 39.6 Å². The molecule has 8 nitrogen and oxygen atoms in total. The second kappa shape index (κ2) is 9.80. The fourth-order valence-electron chi connectivity index (χ4n) is 3.39. The lowest BCUT2D eigenvalue weighted by atomic mass is 10.1. The van der Waals surface area contributed by atoms with Gasteiger partial charge in [-0.3, -0.25) is 19.3 Å². The summed E-state index contributed by atoms with van der Waals surface area (Å²) in [4.78, 5) is 49.9. The van der Waals surface area contributed by atoms with Gasteiger partial charge in [0.05, 0.1) is 10.5 Å². The summed E-state index contributed by atoms with van der Waals surface area (Å²) in [7, 11) is 0. The monoisotopic (exact) mass is 476 g/mol. The normalized spacial score (nSPS) is 14.6. The second-order valence-corrected chi connectivity index (χ2v) is 8.41. The highest BCUT2D eigenvalue weighted by atomic mass is 32.2. The molecule has 1 aromatic heterocycles. The van der Waals surface area contributed by atoms with E-state index in [1.165, 1.54) is 12.1 Å². The minimum atomic E-state index is -1.09. The number of furan rings is 1. The molecule has 2 N–H and O–H groups in total. The highest BCUT2D eigenvalue weighted by Gasteiger charge is 2.36. The van der Waals surface area contributed by atoms with Crippen LogP contribution in [0, 0.1) is 0 Å². The Labute approximate surface area is 199 Å². The zero-order valence-corrected chi connectivity index (χ0v) is 18.9. The molecule has 1 aliphatic rings. The van der Waals surface area contributed by atoms with Crippen molar-refractivity contribution < 1.29 is 28.7 Å². The molecule has 2 heterocycles. The predicted octanol–water partition coefficient (Wildman–Crippen LogP) is 4.88. The number of rotatable bonds is 7. The van der Waals surface area contributed by atoms with E-state index in [4.69, 9.17) is 4.42 Å². The minimum Gasteiger partial charge on any atom is -0.478 e. The summed E-state index contributed by atoms with van der Waals surface area (Å²) in [5.74, 6) is -1.58. The van der Waals surface area contributed by atoms with Gasteiger partial charge in [0.2, 0.25) is 5.91 Å². The molecular weight excluding hydrogens is 456 g/mol. The van der Waals surface area contributed by atoms with Crippen LogP contribution in [0.2, 0.25) is 0 Å². The van der Waals surface area contributed by atoms with Crippen LogP contribution in [0.15, 0.2) is 70.0 Å². The number of benzene rings is 2. The van der Waals surface area contributed by atoms with Gasteiger partial charge in [-0.1, -0.05) is 37.3 Å². The SMILES string of the molecule is CCc1ccc(NC(=O)CN2C(=O)S/C(=C\c3ccc(-c4ccccc4C(=O)O)o3)C2=O)cc1. The molecule has 9 heteroatoms. The quantitative estimate of drug-likeness (QED) is 0.467. The maximum absolute atomic E-state index is 12.7. The van der Waals surface area contributed by atoms with Crippen molar-refractivity contribution in [2.45, 2.75) is 13.3 Å². The van der Waals surface area contributed by atoms with Gasteiger partial charge < -0.3 is 14.8 Å². The largest absolute Gasteiger partial charge is 0.478 e. The van der Waals surface area contributed by atoms with E-state index in [0.717, 1.165) is 16.9 Å². The first-order chi connectivity index (χ1) is 16.4. The number of carboxylic acid groups (broad SMARTS) is 1. The van der Waals surface area contributed by atoms with Gasteiger partial charge in [-0.25, -0.2) is 4.79 Å². The number of anilines is 1. The molecule has 1 fully saturated rings. The summed E-state index contributed by atoms with van der Waals surface area (Å²) in [5.41, 5.74) is 2.18. The number of nitrogens with zero attached hydrogens (tertiary/aromatic N) is 1. The Hall–Kier alpha value is -4.11. The van der Waals surface area contributed by atoms with E-state index in [1.54, 1.807) is 42.5 Å². The first kappa shape index (κ1) is 23.1. The number of hydrogen-bond donors (Lipinski definition) is 2. The zero-order valence-electron chi connectivity index (χ0n) is 18.1. The van der Waals surface area contributed by atoms with E-state index in [2.05, 4.69) is 5.32 Å². The van der Waals surface area contributed by atoms with Crippen LogP contribution in [0.5, 0.6) is 0 Å². The van der Waals surface area contributed by atoms with Gasteiger partial charge in [0.25, 0.3) is 11.1 Å². The van der Waals surface area contributed by atoms with Gasteiger partial charge in [0.1, 0.15) is 18.1 Å². The number of hydrogen-bond acceptors (Lipinski definition) is 6. The van der Waals surface area contributed by atoms with E-state index in [1.807, 2.05) is 19.1 Å². The molecule has 3 amide bonds. The number of carboxylic acids is 1. The number of carbonyl (C=O) groups excluding carboxylic acids is 3. The first-order valence-electron chi connectivity index (χ1n) is 10.4. The molecular formula is C25H20N2O6S. The van der Waals surface area contributed by atoms with Crippen LogP contribution < -0.4 is 5.32 Å². The molecule has 0 saturated carbocycles. The van der Waals surface area contributed by atoms with Crippen molar-refractivity contribution >= 4 is 46.5 Å². The van der Waals surface area contributed by atoms with Gasteiger partial charge in [-0.05, 0) is 54.1 Å². The molecule has 0 atom stereocenters. The molecule has 0 radical (unpaired) electrons. The summed E-state index contributed by atoms with van der Waals surface area (Å²) < 4.78 is 5.71. The highest BCUT2D eigenvalue weighted by Crippen LogP contribution is 2.33. The molecule has 0 aliphatic carbocycles. The van der Waals surface area contributed by atoms with E-state index in [-0.39, 0.29) is 16.2 Å². The minimum absolute atomic E-state index is 0.0825. The molecule has 1 aliphatic heterocycles. The summed E-state index contributed by atoms with van der Waals surface area (Å²) in [6.07, 6.45) is 2.28. The molecule has 3 aromatic rings. The predicted molar refractivity (Wildman–Crippen MR) is 128 cm³/mol. The van der Waals surface area contributed by atoms with E-state index >= 15 is 0 Å². The molecule has 2 aromatic carbocycles. The Kier molecular flexibility index (Phi) is 6.65. The number of aryl methyl sites for hydroxylation is 1. The Balaban J connectivity index is 1.46. The van der Waals surface area contributed by atoms with Gasteiger partial charge >= 0.3 is 5.97 Å². The smallest absolute Gasteiger partial charge is 0.336 e. The average Bonchev–Trinajstić information content (AvgIpc) is 3.40. The van der Waals surface area contributed by atoms with E-state index < -0.39 is 29.6 Å². The van der Waals surface area contributed by atoms with Crippen molar-refractivity contribution in [3.63, 3.8) is 0 Å². The number of thioether (sulfide) groups is 1. The van der Waals surface area contributed by atoms with Gasteiger partial charge in [0, 0.05) is 17.3 Å². The average molecular weight is 477 g/mol. The Morgan fingerprint density at radius 3 is 2.50 bits per heavy atom. The molecule has 172 valence electrons. The summed E-state index contributed by atoms with van der Waals surface area (Å²) >= 11 is 0.707. The van der Waals surface area contributed by atoms with Crippen LogP contribution in [0.3, 0.4) is 0 Å². The molecule has 0 bridgehead atoms. The van der Waals surface area contributed by atoms with Crippen molar-refractivity contribution in [3.8, 4) is 11.3 Å².